The number of aliphatic carboxylic acids is 1. The summed E-state index contributed by atoms with van der Waals surface area (Å²) in [4.78, 5) is 12.6. The number of hydrogen-bond acceptors (Lipinski definition) is 2. The first kappa shape index (κ1) is 10.5. The third-order valence-corrected chi connectivity index (χ3v) is 3.58. The second-order valence-electron chi connectivity index (χ2n) is 2.90. The summed E-state index contributed by atoms with van der Waals surface area (Å²) in [5, 5.41) is 9.26. The number of carboxylic acids is 1. The third kappa shape index (κ3) is 2.45. The number of hydrogen-bond donors (Lipinski definition) is 1. The lowest BCUT2D eigenvalue weighted by Crippen LogP contribution is -1.97. The predicted molar refractivity (Wildman–Crippen MR) is 54.8 cm³/mol. The number of carboxylic acid groups (broad SMARTS) is 1. The molecule has 0 aliphatic carbocycles. The van der Waals surface area contributed by atoms with Crippen LogP contribution in [0.3, 0.4) is 0 Å². The van der Waals surface area contributed by atoms with Gasteiger partial charge in [-0.15, -0.1) is 11.3 Å². The topological polar surface area (TPSA) is 37.3 Å². The zero-order valence-electron chi connectivity index (χ0n) is 7.56. The smallest absolute Gasteiger partial charge is 0.303 e. The van der Waals surface area contributed by atoms with Crippen molar-refractivity contribution in [3.63, 3.8) is 0 Å². The Hall–Kier alpha value is -0.540. The van der Waals surface area contributed by atoms with Gasteiger partial charge < -0.3 is 5.11 Å². The average Bonchev–Trinajstić information content (AvgIpc) is 2.24. The molecule has 0 bridgehead atoms. The van der Waals surface area contributed by atoms with Crippen molar-refractivity contribution in [2.75, 3.05) is 0 Å². The Labute approximate surface area is 86.2 Å². The van der Waals surface area contributed by atoms with Crippen molar-refractivity contribution in [2.24, 2.45) is 0 Å². The molecule has 0 unspecified atom stereocenters. The molecule has 1 N–H and O–H groups in total. The summed E-state index contributed by atoms with van der Waals surface area (Å²) in [7, 11) is 0. The lowest BCUT2D eigenvalue weighted by atomic mass is 10.1. The quantitative estimate of drug-likeness (QED) is 0.847. The van der Waals surface area contributed by atoms with Gasteiger partial charge in [-0.2, -0.15) is 0 Å². The second-order valence-corrected chi connectivity index (χ2v) is 4.71. The van der Waals surface area contributed by atoms with Crippen molar-refractivity contribution >= 4 is 28.9 Å². The van der Waals surface area contributed by atoms with E-state index >= 15 is 0 Å². The van der Waals surface area contributed by atoms with Crippen LogP contribution in [0.2, 0.25) is 5.02 Å². The molecule has 1 aromatic heterocycles. The van der Waals surface area contributed by atoms with Crippen LogP contribution in [0.15, 0.2) is 0 Å². The maximum Gasteiger partial charge on any atom is 0.303 e. The molecule has 0 aromatic carbocycles. The standard InChI is InChI=1S/C9H11ClO2S/c1-5-7(3-4-8(11)12)9(10)6(2)13-5/h3-4H2,1-2H3,(H,11,12). The molecule has 1 aromatic rings. The zero-order valence-corrected chi connectivity index (χ0v) is 9.13. The Morgan fingerprint density at radius 1 is 1.46 bits per heavy atom. The SMILES string of the molecule is Cc1sc(C)c(CCC(=O)O)c1Cl. The lowest BCUT2D eigenvalue weighted by Gasteiger charge is -1.97. The molecule has 1 heterocycles. The van der Waals surface area contributed by atoms with Crippen molar-refractivity contribution < 1.29 is 9.90 Å². The molecule has 0 fully saturated rings. The van der Waals surface area contributed by atoms with E-state index in [4.69, 9.17) is 16.7 Å². The summed E-state index contributed by atoms with van der Waals surface area (Å²) in [5.74, 6) is -0.778. The zero-order chi connectivity index (χ0) is 10.0. The van der Waals surface area contributed by atoms with Gasteiger partial charge in [-0.3, -0.25) is 4.79 Å². The summed E-state index contributed by atoms with van der Waals surface area (Å²) in [6.45, 7) is 3.92. The van der Waals surface area contributed by atoms with Gasteiger partial charge in [0, 0.05) is 16.2 Å². The van der Waals surface area contributed by atoms with Crippen molar-refractivity contribution in [1.82, 2.24) is 0 Å². The van der Waals surface area contributed by atoms with Gasteiger partial charge in [-0.25, -0.2) is 0 Å². The highest BCUT2D eigenvalue weighted by molar-refractivity contribution is 7.12. The van der Waals surface area contributed by atoms with Gasteiger partial charge in [0.15, 0.2) is 0 Å². The number of thiophene rings is 1. The highest BCUT2D eigenvalue weighted by atomic mass is 35.5. The molecular weight excluding hydrogens is 208 g/mol. The van der Waals surface area contributed by atoms with E-state index in [2.05, 4.69) is 0 Å². The Kier molecular flexibility index (Phi) is 3.33. The van der Waals surface area contributed by atoms with Crippen LogP contribution in [0.5, 0.6) is 0 Å². The van der Waals surface area contributed by atoms with Gasteiger partial charge in [-0.05, 0) is 25.8 Å². The summed E-state index contributed by atoms with van der Waals surface area (Å²) in [6.07, 6.45) is 0.682. The Morgan fingerprint density at radius 2 is 2.08 bits per heavy atom. The molecule has 0 aliphatic heterocycles. The fourth-order valence-electron chi connectivity index (χ4n) is 1.22. The van der Waals surface area contributed by atoms with Crippen molar-refractivity contribution in [1.29, 1.82) is 0 Å². The Morgan fingerprint density at radius 3 is 2.46 bits per heavy atom. The van der Waals surface area contributed by atoms with E-state index in [1.165, 1.54) is 0 Å². The minimum Gasteiger partial charge on any atom is -0.481 e. The van der Waals surface area contributed by atoms with Gasteiger partial charge in [0.1, 0.15) is 0 Å². The number of aryl methyl sites for hydroxylation is 2. The molecular formula is C9H11ClO2S. The maximum absolute atomic E-state index is 10.4. The summed E-state index contributed by atoms with van der Waals surface area (Å²) in [5.41, 5.74) is 0.992. The molecule has 0 saturated carbocycles. The molecule has 4 heteroatoms. The van der Waals surface area contributed by atoms with Gasteiger partial charge in [0.25, 0.3) is 0 Å². The molecule has 0 atom stereocenters. The molecule has 0 saturated heterocycles. The van der Waals surface area contributed by atoms with E-state index in [0.29, 0.717) is 6.42 Å². The highest BCUT2D eigenvalue weighted by Crippen LogP contribution is 2.32. The van der Waals surface area contributed by atoms with Crippen LogP contribution in [0.25, 0.3) is 0 Å². The van der Waals surface area contributed by atoms with Crippen LogP contribution in [0.1, 0.15) is 21.7 Å². The summed E-state index contributed by atoms with van der Waals surface area (Å²) >= 11 is 7.64. The van der Waals surface area contributed by atoms with E-state index in [-0.39, 0.29) is 6.42 Å². The van der Waals surface area contributed by atoms with Crippen molar-refractivity contribution in [3.05, 3.63) is 20.3 Å². The van der Waals surface area contributed by atoms with Gasteiger partial charge >= 0.3 is 5.97 Å². The molecule has 2 nitrogen and oxygen atoms in total. The minimum atomic E-state index is -0.778. The fourth-order valence-corrected chi connectivity index (χ4v) is 2.63. The van der Waals surface area contributed by atoms with Crippen LogP contribution >= 0.6 is 22.9 Å². The first-order valence-electron chi connectivity index (χ1n) is 3.98. The molecule has 0 radical (unpaired) electrons. The maximum atomic E-state index is 10.4. The van der Waals surface area contributed by atoms with Crippen molar-refractivity contribution in [3.8, 4) is 0 Å². The van der Waals surface area contributed by atoms with Crippen molar-refractivity contribution in [2.45, 2.75) is 26.7 Å². The molecule has 13 heavy (non-hydrogen) atoms. The Balaban J connectivity index is 2.81. The molecule has 1 rings (SSSR count). The first-order chi connectivity index (χ1) is 6.02. The minimum absolute atomic E-state index is 0.150. The third-order valence-electron chi connectivity index (χ3n) is 1.89. The first-order valence-corrected chi connectivity index (χ1v) is 5.18. The summed E-state index contributed by atoms with van der Waals surface area (Å²) < 4.78 is 0. The normalized spacial score (nSPS) is 10.4. The molecule has 0 amide bonds. The van der Waals surface area contributed by atoms with Crippen LogP contribution in [0.4, 0.5) is 0 Å². The van der Waals surface area contributed by atoms with Crippen LogP contribution in [-0.4, -0.2) is 11.1 Å². The average molecular weight is 219 g/mol. The van der Waals surface area contributed by atoms with E-state index in [1.807, 2.05) is 13.8 Å². The number of rotatable bonds is 3. The van der Waals surface area contributed by atoms with E-state index < -0.39 is 5.97 Å². The van der Waals surface area contributed by atoms with E-state index in [9.17, 15) is 4.79 Å². The van der Waals surface area contributed by atoms with E-state index in [0.717, 1.165) is 20.3 Å². The molecule has 72 valence electrons. The second kappa shape index (κ2) is 4.11. The number of carbonyl (C=O) groups is 1. The highest BCUT2D eigenvalue weighted by Gasteiger charge is 2.11. The largest absolute Gasteiger partial charge is 0.481 e. The Bertz CT molecular complexity index is 331. The molecule has 0 aliphatic rings. The van der Waals surface area contributed by atoms with Gasteiger partial charge in [0.2, 0.25) is 0 Å². The van der Waals surface area contributed by atoms with Crippen LogP contribution in [-0.2, 0) is 11.2 Å². The fraction of sp³-hybridized carbons (Fsp3) is 0.444. The monoisotopic (exact) mass is 218 g/mol. The van der Waals surface area contributed by atoms with Crippen LogP contribution < -0.4 is 0 Å². The van der Waals surface area contributed by atoms with Gasteiger partial charge in [-0.1, -0.05) is 11.6 Å². The van der Waals surface area contributed by atoms with Crippen LogP contribution in [0, 0.1) is 13.8 Å². The summed E-state index contributed by atoms with van der Waals surface area (Å²) in [6, 6.07) is 0. The predicted octanol–water partition coefficient (Wildman–Crippen LogP) is 3.04. The number of halogens is 1. The molecule has 0 spiro atoms. The van der Waals surface area contributed by atoms with Gasteiger partial charge in [0.05, 0.1) is 5.02 Å². The lowest BCUT2D eigenvalue weighted by molar-refractivity contribution is -0.136. The van der Waals surface area contributed by atoms with E-state index in [1.54, 1.807) is 11.3 Å².